The van der Waals surface area contributed by atoms with Gasteiger partial charge in [-0.05, 0) is 13.8 Å². The zero-order chi connectivity index (χ0) is 8.41. The van der Waals surface area contributed by atoms with Crippen molar-refractivity contribution in [3.8, 4) is 0 Å². The monoisotopic (exact) mass is 138 g/mol. The van der Waals surface area contributed by atoms with E-state index in [0.29, 0.717) is 0 Å². The van der Waals surface area contributed by atoms with Gasteiger partial charge < -0.3 is 4.74 Å². The molecule has 0 aromatic heterocycles. The van der Waals surface area contributed by atoms with Crippen LogP contribution in [0.4, 0.5) is 0 Å². The van der Waals surface area contributed by atoms with E-state index in [2.05, 4.69) is 31.6 Å². The number of hydrogen-bond donors (Lipinski definition) is 0. The third-order valence-electron chi connectivity index (χ3n) is 1.22. The van der Waals surface area contributed by atoms with Crippen LogP contribution in [0, 0.1) is 5.92 Å². The quantitative estimate of drug-likeness (QED) is 0.543. The van der Waals surface area contributed by atoms with Crippen LogP contribution in [0.2, 0.25) is 5.09 Å². The second-order valence-electron chi connectivity index (χ2n) is 2.58. The molecule has 0 rings (SSSR count). The summed E-state index contributed by atoms with van der Waals surface area (Å²) >= 11 is 2.20. The van der Waals surface area contributed by atoms with Gasteiger partial charge in [0.1, 0.15) is 0 Å². The molecule has 0 heterocycles. The second kappa shape index (κ2) is 12.3. The van der Waals surface area contributed by atoms with E-state index in [1.165, 1.54) is 5.09 Å². The van der Waals surface area contributed by atoms with Gasteiger partial charge in [-0.15, -0.1) is 0 Å². The van der Waals surface area contributed by atoms with Gasteiger partial charge in [0.2, 0.25) is 0 Å². The Morgan fingerprint density at radius 1 is 1.20 bits per heavy atom. The first-order valence-electron chi connectivity index (χ1n) is 4.26. The SMILES string of the molecule is CCOCC.[Li][CH2]C(C)C. The summed E-state index contributed by atoms with van der Waals surface area (Å²) in [6, 6.07) is 0. The third-order valence-corrected chi connectivity index (χ3v) is 1.22. The van der Waals surface area contributed by atoms with Gasteiger partial charge in [-0.25, -0.2) is 0 Å². The van der Waals surface area contributed by atoms with Gasteiger partial charge in [0.05, 0.1) is 0 Å². The van der Waals surface area contributed by atoms with Crippen LogP contribution in [-0.2, 0) is 4.74 Å². The molecule has 0 aliphatic heterocycles. The van der Waals surface area contributed by atoms with Crippen molar-refractivity contribution in [2.24, 2.45) is 5.92 Å². The van der Waals surface area contributed by atoms with Crippen LogP contribution in [0.1, 0.15) is 27.7 Å². The summed E-state index contributed by atoms with van der Waals surface area (Å²) in [6.07, 6.45) is 0. The first kappa shape index (κ1) is 13.2. The standard InChI is InChI=1S/C4H10O.C4H9.Li/c1-3-5-4-2;1-4(2)3;/h3-4H2,1-2H3;4H,1H2,2-3H3;. The van der Waals surface area contributed by atoms with Crippen molar-refractivity contribution in [3.05, 3.63) is 0 Å². The van der Waals surface area contributed by atoms with E-state index in [0.717, 1.165) is 19.1 Å². The van der Waals surface area contributed by atoms with Crippen LogP contribution in [0.25, 0.3) is 0 Å². The van der Waals surface area contributed by atoms with Crippen LogP contribution in [0.5, 0.6) is 0 Å². The van der Waals surface area contributed by atoms with E-state index in [1.54, 1.807) is 0 Å². The van der Waals surface area contributed by atoms with Gasteiger partial charge in [-0.1, -0.05) is 0 Å². The molecule has 0 radical (unpaired) electrons. The molecule has 10 heavy (non-hydrogen) atoms. The van der Waals surface area contributed by atoms with Crippen LogP contribution < -0.4 is 0 Å². The fourth-order valence-corrected chi connectivity index (χ4v) is 0.204. The van der Waals surface area contributed by atoms with Gasteiger partial charge >= 0.3 is 42.6 Å². The second-order valence-corrected chi connectivity index (χ2v) is 2.58. The van der Waals surface area contributed by atoms with E-state index in [-0.39, 0.29) is 0 Å². The zero-order valence-electron chi connectivity index (χ0n) is 8.11. The van der Waals surface area contributed by atoms with Crippen molar-refractivity contribution in [1.29, 1.82) is 0 Å². The first-order valence-corrected chi connectivity index (χ1v) is 4.26. The van der Waals surface area contributed by atoms with Gasteiger partial charge in [0.15, 0.2) is 0 Å². The topological polar surface area (TPSA) is 9.23 Å². The molecule has 0 aliphatic carbocycles. The zero-order valence-corrected chi connectivity index (χ0v) is 8.11. The predicted molar refractivity (Wildman–Crippen MR) is 47.6 cm³/mol. The fourth-order valence-electron chi connectivity index (χ4n) is 0.204. The summed E-state index contributed by atoms with van der Waals surface area (Å²) in [4.78, 5) is 0. The summed E-state index contributed by atoms with van der Waals surface area (Å²) in [5.41, 5.74) is 0. The molecule has 0 bridgehead atoms. The van der Waals surface area contributed by atoms with Crippen molar-refractivity contribution in [3.63, 3.8) is 0 Å². The van der Waals surface area contributed by atoms with Crippen molar-refractivity contribution < 1.29 is 4.74 Å². The molecule has 0 saturated carbocycles. The molecule has 0 aliphatic rings. The van der Waals surface area contributed by atoms with Crippen molar-refractivity contribution in [2.45, 2.75) is 32.8 Å². The Morgan fingerprint density at radius 2 is 1.50 bits per heavy atom. The summed E-state index contributed by atoms with van der Waals surface area (Å²) in [5, 5.41) is 1.31. The maximum absolute atomic E-state index is 4.83. The molecule has 0 atom stereocenters. The van der Waals surface area contributed by atoms with Crippen LogP contribution in [0.3, 0.4) is 0 Å². The molecule has 1 nitrogen and oxygen atoms in total. The van der Waals surface area contributed by atoms with Crippen molar-refractivity contribution in [2.75, 3.05) is 13.2 Å². The van der Waals surface area contributed by atoms with Crippen LogP contribution >= 0.6 is 0 Å². The van der Waals surface area contributed by atoms with Crippen molar-refractivity contribution >= 4 is 17.7 Å². The maximum atomic E-state index is 4.83. The number of ether oxygens (including phenoxy) is 1. The molecular formula is C8H19LiO. The third kappa shape index (κ3) is 23.5. The van der Waals surface area contributed by atoms with E-state index in [9.17, 15) is 0 Å². The molecule has 0 aromatic rings. The van der Waals surface area contributed by atoms with E-state index >= 15 is 0 Å². The summed E-state index contributed by atoms with van der Waals surface area (Å²) < 4.78 is 4.83. The molecular weight excluding hydrogens is 119 g/mol. The predicted octanol–water partition coefficient (Wildman–Crippen LogP) is 2.27. The Balaban J connectivity index is 0. The molecule has 0 amide bonds. The van der Waals surface area contributed by atoms with Gasteiger partial charge in [0, 0.05) is 13.2 Å². The van der Waals surface area contributed by atoms with Gasteiger partial charge in [0.25, 0.3) is 0 Å². The van der Waals surface area contributed by atoms with Crippen molar-refractivity contribution in [1.82, 2.24) is 0 Å². The van der Waals surface area contributed by atoms with Gasteiger partial charge in [-0.3, -0.25) is 0 Å². The molecule has 0 unspecified atom stereocenters. The summed E-state index contributed by atoms with van der Waals surface area (Å²) in [7, 11) is 0. The van der Waals surface area contributed by atoms with Crippen LogP contribution in [-0.4, -0.2) is 30.9 Å². The number of rotatable bonds is 3. The minimum atomic E-state index is 0.844. The Labute approximate surface area is 74.7 Å². The average molecular weight is 138 g/mol. The molecule has 0 aromatic carbocycles. The van der Waals surface area contributed by atoms with Crippen LogP contribution in [0.15, 0.2) is 0 Å². The van der Waals surface area contributed by atoms with E-state index < -0.39 is 0 Å². The molecule has 0 N–H and O–H groups in total. The Bertz CT molecular complexity index is 44.5. The molecule has 0 spiro atoms. The number of hydrogen-bond acceptors (Lipinski definition) is 1. The van der Waals surface area contributed by atoms with Gasteiger partial charge in [-0.2, -0.15) is 0 Å². The van der Waals surface area contributed by atoms with E-state index in [4.69, 9.17) is 4.74 Å². The fraction of sp³-hybridized carbons (Fsp3) is 1.00. The molecule has 58 valence electrons. The Kier molecular flexibility index (Phi) is 16.1. The normalized spacial score (nSPS) is 9.10. The first-order chi connectivity index (χ1) is 4.68. The average Bonchev–Trinajstić information content (AvgIpc) is 1.91. The Morgan fingerprint density at radius 3 is 1.50 bits per heavy atom. The molecule has 2 heteroatoms. The van der Waals surface area contributed by atoms with E-state index in [1.807, 2.05) is 13.8 Å². The molecule has 0 fully saturated rings. The Hall–Kier alpha value is 0.557. The molecule has 0 saturated heterocycles. The minimum absolute atomic E-state index is 0.844. The summed E-state index contributed by atoms with van der Waals surface area (Å²) in [5.74, 6) is 0.884. The summed E-state index contributed by atoms with van der Waals surface area (Å²) in [6.45, 7) is 10.1.